The Morgan fingerprint density at radius 2 is 1.87 bits per heavy atom. The molecule has 86 valence electrons. The van der Waals surface area contributed by atoms with Gasteiger partial charge in [0.1, 0.15) is 0 Å². The summed E-state index contributed by atoms with van der Waals surface area (Å²) in [5.41, 5.74) is 1.93. The molecular formula is C12H22N2O. The third-order valence-corrected chi connectivity index (χ3v) is 2.66. The number of amides is 1. The third-order valence-electron chi connectivity index (χ3n) is 2.66. The van der Waals surface area contributed by atoms with E-state index in [2.05, 4.69) is 39.9 Å². The van der Waals surface area contributed by atoms with Gasteiger partial charge in [0.2, 0.25) is 0 Å². The first kappa shape index (κ1) is 12.1. The average molecular weight is 210 g/mol. The van der Waals surface area contributed by atoms with Gasteiger partial charge in [0.05, 0.1) is 6.67 Å². The van der Waals surface area contributed by atoms with Gasteiger partial charge in [0.25, 0.3) is 5.91 Å². The summed E-state index contributed by atoms with van der Waals surface area (Å²) in [5, 5.41) is 3.34. The van der Waals surface area contributed by atoms with E-state index in [4.69, 9.17) is 0 Å². The lowest BCUT2D eigenvalue weighted by molar-refractivity contribution is -0.128. The molecule has 0 saturated heterocycles. The van der Waals surface area contributed by atoms with Gasteiger partial charge in [-0.3, -0.25) is 4.79 Å². The van der Waals surface area contributed by atoms with Gasteiger partial charge in [-0.25, -0.2) is 0 Å². The van der Waals surface area contributed by atoms with E-state index in [1.54, 1.807) is 4.90 Å². The van der Waals surface area contributed by atoms with Crippen molar-refractivity contribution in [3.8, 4) is 0 Å². The third kappa shape index (κ3) is 2.33. The lowest BCUT2D eigenvalue weighted by Gasteiger charge is -2.36. The topological polar surface area (TPSA) is 32.3 Å². The van der Waals surface area contributed by atoms with E-state index in [1.807, 2.05) is 7.05 Å². The highest BCUT2D eigenvalue weighted by molar-refractivity contribution is 5.96. The standard InChI is InChI=1S/C12H22N2O/c1-8(2)10-9(12(3,4)5)11(15)14(6)7-13-10/h8,13H,7H2,1-6H3. The lowest BCUT2D eigenvalue weighted by Crippen LogP contribution is -2.46. The van der Waals surface area contributed by atoms with Gasteiger partial charge < -0.3 is 10.2 Å². The number of nitrogens with zero attached hydrogens (tertiary/aromatic N) is 1. The molecule has 3 nitrogen and oxygen atoms in total. The fraction of sp³-hybridized carbons (Fsp3) is 0.750. The summed E-state index contributed by atoms with van der Waals surface area (Å²) in [6.45, 7) is 11.1. The Morgan fingerprint density at radius 3 is 2.27 bits per heavy atom. The maximum absolute atomic E-state index is 12.1. The molecule has 1 rings (SSSR count). The van der Waals surface area contributed by atoms with E-state index in [1.165, 1.54) is 0 Å². The largest absolute Gasteiger partial charge is 0.370 e. The van der Waals surface area contributed by atoms with Crippen LogP contribution in [0.15, 0.2) is 11.3 Å². The molecule has 0 aromatic heterocycles. The lowest BCUT2D eigenvalue weighted by atomic mass is 9.81. The van der Waals surface area contributed by atoms with Crippen LogP contribution in [-0.2, 0) is 4.79 Å². The maximum Gasteiger partial charge on any atom is 0.253 e. The molecule has 0 spiro atoms. The van der Waals surface area contributed by atoms with E-state index in [9.17, 15) is 4.79 Å². The smallest absolute Gasteiger partial charge is 0.253 e. The molecule has 0 radical (unpaired) electrons. The van der Waals surface area contributed by atoms with Crippen molar-refractivity contribution in [3.63, 3.8) is 0 Å². The fourth-order valence-corrected chi connectivity index (χ4v) is 1.89. The van der Waals surface area contributed by atoms with Crippen molar-refractivity contribution in [2.75, 3.05) is 13.7 Å². The van der Waals surface area contributed by atoms with Crippen LogP contribution >= 0.6 is 0 Å². The van der Waals surface area contributed by atoms with E-state index in [0.29, 0.717) is 12.6 Å². The fourth-order valence-electron chi connectivity index (χ4n) is 1.89. The van der Waals surface area contributed by atoms with E-state index in [-0.39, 0.29) is 11.3 Å². The van der Waals surface area contributed by atoms with Crippen molar-refractivity contribution in [1.29, 1.82) is 0 Å². The molecule has 0 bridgehead atoms. The van der Waals surface area contributed by atoms with Crippen molar-refractivity contribution in [2.45, 2.75) is 34.6 Å². The molecule has 0 aliphatic carbocycles. The van der Waals surface area contributed by atoms with Gasteiger partial charge in [-0.2, -0.15) is 0 Å². The van der Waals surface area contributed by atoms with Crippen LogP contribution in [0, 0.1) is 11.3 Å². The number of carbonyl (C=O) groups excluding carboxylic acids is 1. The summed E-state index contributed by atoms with van der Waals surface area (Å²) in [6.07, 6.45) is 0. The summed E-state index contributed by atoms with van der Waals surface area (Å²) in [6, 6.07) is 0. The van der Waals surface area contributed by atoms with Gasteiger partial charge in [-0.1, -0.05) is 34.6 Å². The number of carbonyl (C=O) groups is 1. The summed E-state index contributed by atoms with van der Waals surface area (Å²) < 4.78 is 0. The number of allylic oxidation sites excluding steroid dienone is 1. The first-order chi connectivity index (χ1) is 6.75. The second-order valence-electron chi connectivity index (χ2n) is 5.53. The van der Waals surface area contributed by atoms with Gasteiger partial charge in [0, 0.05) is 18.3 Å². The monoisotopic (exact) mass is 210 g/mol. The Kier molecular flexibility index (Phi) is 3.12. The molecule has 1 heterocycles. The number of nitrogens with one attached hydrogen (secondary N) is 1. The summed E-state index contributed by atoms with van der Waals surface area (Å²) in [7, 11) is 1.83. The van der Waals surface area contributed by atoms with E-state index in [0.717, 1.165) is 11.3 Å². The highest BCUT2D eigenvalue weighted by Crippen LogP contribution is 2.32. The number of hydrogen-bond acceptors (Lipinski definition) is 2. The van der Waals surface area contributed by atoms with Crippen molar-refractivity contribution in [2.24, 2.45) is 11.3 Å². The molecule has 1 amide bonds. The summed E-state index contributed by atoms with van der Waals surface area (Å²) in [5.74, 6) is 0.529. The Labute approximate surface area is 92.5 Å². The molecule has 0 fully saturated rings. The maximum atomic E-state index is 12.1. The van der Waals surface area contributed by atoms with Crippen LogP contribution in [0.1, 0.15) is 34.6 Å². The highest BCUT2D eigenvalue weighted by Gasteiger charge is 2.33. The molecule has 0 aromatic rings. The Balaban J connectivity index is 3.23. The van der Waals surface area contributed by atoms with Crippen molar-refractivity contribution in [3.05, 3.63) is 11.3 Å². The van der Waals surface area contributed by atoms with E-state index >= 15 is 0 Å². The molecular weight excluding hydrogens is 188 g/mol. The van der Waals surface area contributed by atoms with Crippen LogP contribution in [0.3, 0.4) is 0 Å². The number of rotatable bonds is 1. The van der Waals surface area contributed by atoms with Crippen LogP contribution in [0.25, 0.3) is 0 Å². The highest BCUT2D eigenvalue weighted by atomic mass is 16.2. The molecule has 1 N–H and O–H groups in total. The predicted octanol–water partition coefficient (Wildman–Crippen LogP) is 1.96. The zero-order chi connectivity index (χ0) is 11.8. The van der Waals surface area contributed by atoms with Crippen molar-refractivity contribution in [1.82, 2.24) is 10.2 Å². The zero-order valence-electron chi connectivity index (χ0n) is 10.6. The zero-order valence-corrected chi connectivity index (χ0v) is 10.6. The Morgan fingerprint density at radius 1 is 1.33 bits per heavy atom. The van der Waals surface area contributed by atoms with Gasteiger partial charge in [0.15, 0.2) is 0 Å². The number of hydrogen-bond donors (Lipinski definition) is 1. The average Bonchev–Trinajstić information content (AvgIpc) is 2.06. The SMILES string of the molecule is CC(C)C1=C(C(C)(C)C)C(=O)N(C)CN1. The van der Waals surface area contributed by atoms with Crippen molar-refractivity contribution < 1.29 is 4.79 Å². The summed E-state index contributed by atoms with van der Waals surface area (Å²) in [4.78, 5) is 13.8. The second kappa shape index (κ2) is 3.87. The molecule has 3 heteroatoms. The Hall–Kier alpha value is -0.990. The predicted molar refractivity (Wildman–Crippen MR) is 62.1 cm³/mol. The van der Waals surface area contributed by atoms with Gasteiger partial charge >= 0.3 is 0 Å². The minimum Gasteiger partial charge on any atom is -0.370 e. The van der Waals surface area contributed by atoms with Crippen LogP contribution in [-0.4, -0.2) is 24.5 Å². The summed E-state index contributed by atoms with van der Waals surface area (Å²) >= 11 is 0. The molecule has 1 aliphatic rings. The number of likely N-dealkylation sites (N-methyl/N-ethyl adjacent to an activating group) is 1. The van der Waals surface area contributed by atoms with Crippen LogP contribution in [0.4, 0.5) is 0 Å². The van der Waals surface area contributed by atoms with Crippen LogP contribution in [0.2, 0.25) is 0 Å². The molecule has 0 saturated carbocycles. The van der Waals surface area contributed by atoms with Crippen molar-refractivity contribution >= 4 is 5.91 Å². The first-order valence-corrected chi connectivity index (χ1v) is 5.49. The normalized spacial score (nSPS) is 18.6. The molecule has 1 aliphatic heterocycles. The van der Waals surface area contributed by atoms with Crippen LogP contribution in [0.5, 0.6) is 0 Å². The molecule has 0 aromatic carbocycles. The van der Waals surface area contributed by atoms with Gasteiger partial charge in [-0.15, -0.1) is 0 Å². The quantitative estimate of drug-likeness (QED) is 0.717. The van der Waals surface area contributed by atoms with Crippen LogP contribution < -0.4 is 5.32 Å². The molecule has 0 unspecified atom stereocenters. The Bertz CT molecular complexity index is 297. The minimum absolute atomic E-state index is 0.0988. The van der Waals surface area contributed by atoms with Gasteiger partial charge in [-0.05, 0) is 11.3 Å². The first-order valence-electron chi connectivity index (χ1n) is 5.49. The minimum atomic E-state index is -0.0988. The molecule has 0 atom stereocenters. The van der Waals surface area contributed by atoms with E-state index < -0.39 is 0 Å². The molecule has 15 heavy (non-hydrogen) atoms. The second-order valence-corrected chi connectivity index (χ2v) is 5.53.